The molecular formula is C11H10FN3O3. The van der Waals surface area contributed by atoms with Gasteiger partial charge in [0, 0.05) is 0 Å². The summed E-state index contributed by atoms with van der Waals surface area (Å²) in [5.74, 6) is -0.843. The van der Waals surface area contributed by atoms with Crippen LogP contribution >= 0.6 is 0 Å². The molecule has 0 spiro atoms. The summed E-state index contributed by atoms with van der Waals surface area (Å²) in [6.07, 6.45) is 2.49. The van der Waals surface area contributed by atoms with E-state index in [-0.39, 0.29) is 17.9 Å². The molecule has 2 heterocycles. The van der Waals surface area contributed by atoms with Crippen LogP contribution in [0.25, 0.3) is 0 Å². The molecule has 0 amide bonds. The Morgan fingerprint density at radius 3 is 2.89 bits per heavy atom. The third-order valence-corrected chi connectivity index (χ3v) is 2.16. The van der Waals surface area contributed by atoms with Gasteiger partial charge in [0.2, 0.25) is 5.89 Å². The summed E-state index contributed by atoms with van der Waals surface area (Å²) >= 11 is 0. The van der Waals surface area contributed by atoms with Crippen LogP contribution in [0, 0.1) is 12.7 Å². The van der Waals surface area contributed by atoms with Crippen LogP contribution in [0.2, 0.25) is 0 Å². The van der Waals surface area contributed by atoms with Crippen molar-refractivity contribution < 1.29 is 18.7 Å². The molecule has 0 radical (unpaired) electrons. The minimum atomic E-state index is -1.26. The standard InChI is InChI=1S/C11H10FN3O3/c1-6-3-13-9(18-6)5-15-10-8(11(16)17)2-7(12)4-14-10/h2-4H,5H2,1H3,(H,14,15)(H,16,17). The predicted octanol–water partition coefficient (Wildman–Crippen LogP) is 1.83. The molecule has 94 valence electrons. The molecule has 0 fully saturated rings. The Balaban J connectivity index is 2.16. The minimum Gasteiger partial charge on any atom is -0.478 e. The van der Waals surface area contributed by atoms with Gasteiger partial charge in [0.05, 0.1) is 18.9 Å². The smallest absolute Gasteiger partial charge is 0.339 e. The molecule has 0 aromatic carbocycles. The Bertz CT molecular complexity index is 583. The number of hydrogen-bond donors (Lipinski definition) is 2. The SMILES string of the molecule is Cc1cnc(CNc2ncc(F)cc2C(=O)O)o1. The van der Waals surface area contributed by atoms with E-state index >= 15 is 0 Å². The van der Waals surface area contributed by atoms with Crippen LogP contribution in [0.1, 0.15) is 22.0 Å². The lowest BCUT2D eigenvalue weighted by Gasteiger charge is -2.06. The average Bonchev–Trinajstić information content (AvgIpc) is 2.73. The molecule has 0 saturated carbocycles. The van der Waals surface area contributed by atoms with Crippen molar-refractivity contribution in [2.24, 2.45) is 0 Å². The van der Waals surface area contributed by atoms with Gasteiger partial charge in [-0.3, -0.25) is 0 Å². The number of carboxylic acids is 1. The highest BCUT2D eigenvalue weighted by Crippen LogP contribution is 2.14. The average molecular weight is 251 g/mol. The largest absolute Gasteiger partial charge is 0.478 e. The normalized spacial score (nSPS) is 10.3. The Morgan fingerprint density at radius 1 is 1.50 bits per heavy atom. The maximum Gasteiger partial charge on any atom is 0.339 e. The van der Waals surface area contributed by atoms with Gasteiger partial charge >= 0.3 is 5.97 Å². The number of carbonyl (C=O) groups is 1. The number of rotatable bonds is 4. The molecule has 0 aliphatic carbocycles. The number of aryl methyl sites for hydroxylation is 1. The zero-order chi connectivity index (χ0) is 13.1. The lowest BCUT2D eigenvalue weighted by atomic mass is 10.2. The second kappa shape index (κ2) is 4.82. The highest BCUT2D eigenvalue weighted by atomic mass is 19.1. The molecule has 2 aromatic heterocycles. The zero-order valence-electron chi connectivity index (χ0n) is 9.48. The first-order valence-electron chi connectivity index (χ1n) is 5.10. The summed E-state index contributed by atoms with van der Waals surface area (Å²) in [5, 5.41) is 11.6. The van der Waals surface area contributed by atoms with Crippen LogP contribution in [0.5, 0.6) is 0 Å². The van der Waals surface area contributed by atoms with E-state index in [4.69, 9.17) is 9.52 Å². The number of halogens is 1. The van der Waals surface area contributed by atoms with E-state index < -0.39 is 11.8 Å². The third-order valence-electron chi connectivity index (χ3n) is 2.16. The molecule has 2 aromatic rings. The van der Waals surface area contributed by atoms with E-state index in [0.29, 0.717) is 11.7 Å². The van der Waals surface area contributed by atoms with Crippen molar-refractivity contribution in [3.05, 3.63) is 41.5 Å². The summed E-state index contributed by atoms with van der Waals surface area (Å²) in [7, 11) is 0. The number of nitrogens with zero attached hydrogens (tertiary/aromatic N) is 2. The minimum absolute atomic E-state index is 0.0692. The summed E-state index contributed by atoms with van der Waals surface area (Å²) in [6, 6.07) is 0.901. The monoisotopic (exact) mass is 251 g/mol. The summed E-state index contributed by atoms with van der Waals surface area (Å²) in [5.41, 5.74) is -0.238. The molecule has 2 rings (SSSR count). The quantitative estimate of drug-likeness (QED) is 0.861. The number of carboxylic acid groups (broad SMARTS) is 1. The number of anilines is 1. The van der Waals surface area contributed by atoms with Crippen molar-refractivity contribution in [1.82, 2.24) is 9.97 Å². The molecule has 0 aliphatic heterocycles. The van der Waals surface area contributed by atoms with Gasteiger partial charge < -0.3 is 14.8 Å². The summed E-state index contributed by atoms with van der Waals surface area (Å²) in [6.45, 7) is 1.92. The topological polar surface area (TPSA) is 88.2 Å². The van der Waals surface area contributed by atoms with Gasteiger partial charge in [-0.1, -0.05) is 0 Å². The number of oxazole rings is 1. The van der Waals surface area contributed by atoms with Crippen LogP contribution < -0.4 is 5.32 Å². The Kier molecular flexibility index (Phi) is 3.22. The van der Waals surface area contributed by atoms with E-state index in [0.717, 1.165) is 12.3 Å². The Labute approximate surface area is 101 Å². The van der Waals surface area contributed by atoms with Crippen LogP contribution in [0.15, 0.2) is 22.9 Å². The fourth-order valence-electron chi connectivity index (χ4n) is 1.39. The second-order valence-corrected chi connectivity index (χ2v) is 3.57. The van der Waals surface area contributed by atoms with Crippen LogP contribution in [-0.4, -0.2) is 21.0 Å². The first-order valence-corrected chi connectivity index (χ1v) is 5.10. The van der Waals surface area contributed by atoms with E-state index in [9.17, 15) is 9.18 Å². The molecule has 6 nitrogen and oxygen atoms in total. The lowest BCUT2D eigenvalue weighted by Crippen LogP contribution is -2.09. The fourth-order valence-corrected chi connectivity index (χ4v) is 1.39. The van der Waals surface area contributed by atoms with Crippen LogP contribution in [0.3, 0.4) is 0 Å². The van der Waals surface area contributed by atoms with Crippen molar-refractivity contribution in [2.45, 2.75) is 13.5 Å². The van der Waals surface area contributed by atoms with Gasteiger partial charge in [-0.05, 0) is 13.0 Å². The highest BCUT2D eigenvalue weighted by Gasteiger charge is 2.13. The summed E-state index contributed by atoms with van der Waals surface area (Å²) in [4.78, 5) is 18.5. The zero-order valence-corrected chi connectivity index (χ0v) is 9.48. The van der Waals surface area contributed by atoms with Crippen molar-refractivity contribution in [3.8, 4) is 0 Å². The lowest BCUT2D eigenvalue weighted by molar-refractivity contribution is 0.0697. The first kappa shape index (κ1) is 12.0. The Morgan fingerprint density at radius 2 is 2.28 bits per heavy atom. The van der Waals surface area contributed by atoms with E-state index in [1.165, 1.54) is 0 Å². The molecule has 0 bridgehead atoms. The van der Waals surface area contributed by atoms with E-state index in [1.807, 2.05) is 0 Å². The molecule has 18 heavy (non-hydrogen) atoms. The van der Waals surface area contributed by atoms with Gasteiger partial charge in [-0.25, -0.2) is 19.2 Å². The number of pyridine rings is 1. The summed E-state index contributed by atoms with van der Waals surface area (Å²) < 4.78 is 18.1. The molecule has 7 heteroatoms. The molecule has 0 saturated heterocycles. The second-order valence-electron chi connectivity index (χ2n) is 3.57. The number of aromatic carboxylic acids is 1. The van der Waals surface area contributed by atoms with Crippen molar-refractivity contribution >= 4 is 11.8 Å². The number of nitrogens with one attached hydrogen (secondary N) is 1. The van der Waals surface area contributed by atoms with Crippen molar-refractivity contribution in [2.75, 3.05) is 5.32 Å². The van der Waals surface area contributed by atoms with Gasteiger partial charge in [-0.2, -0.15) is 0 Å². The van der Waals surface area contributed by atoms with Crippen LogP contribution in [0.4, 0.5) is 10.2 Å². The first-order chi connectivity index (χ1) is 8.56. The molecule has 0 atom stereocenters. The van der Waals surface area contributed by atoms with Gasteiger partial charge in [0.15, 0.2) is 0 Å². The number of aromatic nitrogens is 2. The Hall–Kier alpha value is -2.44. The number of hydrogen-bond acceptors (Lipinski definition) is 5. The highest BCUT2D eigenvalue weighted by molar-refractivity contribution is 5.92. The molecular weight excluding hydrogens is 241 g/mol. The van der Waals surface area contributed by atoms with Crippen molar-refractivity contribution in [3.63, 3.8) is 0 Å². The fraction of sp³-hybridized carbons (Fsp3) is 0.182. The van der Waals surface area contributed by atoms with E-state index in [1.54, 1.807) is 13.1 Å². The van der Waals surface area contributed by atoms with Crippen LogP contribution in [-0.2, 0) is 6.54 Å². The predicted molar refractivity (Wildman–Crippen MR) is 59.7 cm³/mol. The van der Waals surface area contributed by atoms with Crippen molar-refractivity contribution in [1.29, 1.82) is 0 Å². The molecule has 0 unspecified atom stereocenters. The maximum atomic E-state index is 12.9. The third kappa shape index (κ3) is 2.62. The molecule has 0 aliphatic rings. The molecule has 2 N–H and O–H groups in total. The maximum absolute atomic E-state index is 12.9. The van der Waals surface area contributed by atoms with E-state index in [2.05, 4.69) is 15.3 Å². The van der Waals surface area contributed by atoms with Gasteiger partial charge in [-0.15, -0.1) is 0 Å². The van der Waals surface area contributed by atoms with Gasteiger partial charge in [0.25, 0.3) is 0 Å². The van der Waals surface area contributed by atoms with Gasteiger partial charge in [0.1, 0.15) is 23.0 Å².